The smallest absolute Gasteiger partial charge is 0.306 e. The molecule has 0 N–H and O–H groups in total. The van der Waals surface area contributed by atoms with Crippen LogP contribution in [-0.4, -0.2) is 145 Å². The second-order valence-electron chi connectivity index (χ2n) is 19.4. The van der Waals surface area contributed by atoms with Gasteiger partial charge in [0.15, 0.2) is 46.0 Å². The molecule has 0 spiro atoms. The molecule has 0 saturated carbocycles. The normalized spacial score (nSPS) is 17.9. The van der Waals surface area contributed by atoms with Crippen molar-refractivity contribution in [2.24, 2.45) is 0 Å². The molecular formula is C58H80N2O14+2. The fraction of sp³-hybridized carbons (Fsp3) is 0.517. The van der Waals surface area contributed by atoms with Crippen LogP contribution in [0.1, 0.15) is 83.5 Å². The largest absolute Gasteiger partial charge is 0.493 e. The first-order chi connectivity index (χ1) is 35.7. The number of carbonyl (C=O) groups is 2. The van der Waals surface area contributed by atoms with Crippen LogP contribution in [0.3, 0.4) is 0 Å². The Bertz CT molecular complexity index is 2530. The van der Waals surface area contributed by atoms with Crippen molar-refractivity contribution in [3.8, 4) is 57.5 Å². The molecule has 6 rings (SSSR count). The van der Waals surface area contributed by atoms with E-state index in [1.54, 1.807) is 71.1 Å². The molecule has 2 aliphatic rings. The van der Waals surface area contributed by atoms with Crippen molar-refractivity contribution in [1.29, 1.82) is 0 Å². The number of hydrogen-bond acceptors (Lipinski definition) is 14. The molecule has 4 aromatic carbocycles. The van der Waals surface area contributed by atoms with Crippen molar-refractivity contribution < 1.29 is 75.4 Å². The van der Waals surface area contributed by atoms with Gasteiger partial charge in [0, 0.05) is 68.1 Å². The first-order valence-electron chi connectivity index (χ1n) is 25.5. The van der Waals surface area contributed by atoms with E-state index in [2.05, 4.69) is 32.3 Å². The van der Waals surface area contributed by atoms with Gasteiger partial charge in [-0.3, -0.25) is 9.59 Å². The zero-order valence-corrected chi connectivity index (χ0v) is 45.9. The zero-order valence-electron chi connectivity index (χ0n) is 45.9. The molecule has 0 bridgehead atoms. The van der Waals surface area contributed by atoms with Gasteiger partial charge in [0.25, 0.3) is 0 Å². The molecule has 16 nitrogen and oxygen atoms in total. The third-order valence-electron chi connectivity index (χ3n) is 14.7. The number of ether oxygens (including phenoxy) is 12. The summed E-state index contributed by atoms with van der Waals surface area (Å²) < 4.78 is 70.1. The molecule has 0 fully saturated rings. The van der Waals surface area contributed by atoms with E-state index in [-0.39, 0.29) is 30.8 Å². The number of esters is 2. The Morgan fingerprint density at radius 2 is 0.986 bits per heavy atom. The summed E-state index contributed by atoms with van der Waals surface area (Å²) in [5.74, 6) is 5.82. The van der Waals surface area contributed by atoms with Crippen LogP contribution in [0.25, 0.3) is 0 Å². The summed E-state index contributed by atoms with van der Waals surface area (Å²) in [6, 6.07) is 14.3. The Kier molecular flexibility index (Phi) is 20.4. The maximum absolute atomic E-state index is 12.8. The molecule has 0 saturated heterocycles. The van der Waals surface area contributed by atoms with Gasteiger partial charge in [0.2, 0.25) is 11.5 Å². The van der Waals surface area contributed by atoms with Crippen molar-refractivity contribution in [2.45, 2.75) is 76.8 Å². The van der Waals surface area contributed by atoms with Gasteiger partial charge < -0.3 is 65.8 Å². The van der Waals surface area contributed by atoms with Gasteiger partial charge in [-0.2, -0.15) is 0 Å². The molecule has 0 aromatic heterocycles. The van der Waals surface area contributed by atoms with Gasteiger partial charge >= 0.3 is 11.9 Å². The van der Waals surface area contributed by atoms with Crippen molar-refractivity contribution >= 4 is 11.9 Å². The van der Waals surface area contributed by atoms with Crippen molar-refractivity contribution in [3.05, 3.63) is 93.6 Å². The minimum atomic E-state index is -0.242. The maximum atomic E-state index is 12.8. The molecule has 2 aliphatic heterocycles. The number of methoxy groups -OCH3 is 10. The number of hydrogen-bond donors (Lipinski definition) is 0. The fourth-order valence-electron chi connectivity index (χ4n) is 10.7. The van der Waals surface area contributed by atoms with E-state index >= 15 is 0 Å². The van der Waals surface area contributed by atoms with Crippen LogP contribution in [0.4, 0.5) is 0 Å². The summed E-state index contributed by atoms with van der Waals surface area (Å²) in [6.07, 6.45) is 9.92. The summed E-state index contributed by atoms with van der Waals surface area (Å²) in [6.45, 7) is 4.95. The molecule has 0 aliphatic carbocycles. The number of allylic oxidation sites excluding steroid dienone is 2. The molecule has 3 unspecified atom stereocenters. The minimum Gasteiger partial charge on any atom is -0.493 e. The Morgan fingerprint density at radius 1 is 0.527 bits per heavy atom. The van der Waals surface area contributed by atoms with Crippen LogP contribution < -0.4 is 47.4 Å². The topological polar surface area (TPSA) is 145 Å². The number of fused-ring (bicyclic) bond motifs is 2. The highest BCUT2D eigenvalue weighted by Crippen LogP contribution is 2.46. The number of likely N-dealkylation sites (N-methyl/N-ethyl adjacent to an activating group) is 2. The molecular weight excluding hydrogens is 949 g/mol. The number of rotatable bonds is 28. The predicted molar refractivity (Wildman–Crippen MR) is 282 cm³/mol. The molecule has 16 heteroatoms. The van der Waals surface area contributed by atoms with Crippen LogP contribution >= 0.6 is 0 Å². The summed E-state index contributed by atoms with van der Waals surface area (Å²) in [7, 11) is 20.9. The average Bonchev–Trinajstić information content (AvgIpc) is 3.41. The van der Waals surface area contributed by atoms with Crippen molar-refractivity contribution in [2.75, 3.05) is 125 Å². The van der Waals surface area contributed by atoms with Gasteiger partial charge in [-0.15, -0.1) is 0 Å². The quantitative estimate of drug-likeness (QED) is 0.0231. The predicted octanol–water partition coefficient (Wildman–Crippen LogP) is 8.84. The van der Waals surface area contributed by atoms with E-state index in [9.17, 15) is 9.59 Å². The second-order valence-corrected chi connectivity index (χ2v) is 19.4. The van der Waals surface area contributed by atoms with Crippen LogP contribution in [0.2, 0.25) is 0 Å². The maximum Gasteiger partial charge on any atom is 0.306 e. The highest BCUT2D eigenvalue weighted by Gasteiger charge is 2.40. The fourth-order valence-corrected chi connectivity index (χ4v) is 10.7. The van der Waals surface area contributed by atoms with E-state index in [0.717, 1.165) is 77.6 Å². The summed E-state index contributed by atoms with van der Waals surface area (Å²) >= 11 is 0. The molecule has 404 valence electrons. The zero-order chi connectivity index (χ0) is 53.4. The lowest BCUT2D eigenvalue weighted by Gasteiger charge is -2.46. The number of carbonyl (C=O) groups excluding carboxylic acids is 2. The Morgan fingerprint density at radius 3 is 1.50 bits per heavy atom. The van der Waals surface area contributed by atoms with E-state index in [1.165, 1.54) is 22.3 Å². The third-order valence-corrected chi connectivity index (χ3v) is 14.7. The Labute approximate surface area is 438 Å². The Hall–Kier alpha value is -6.52. The first-order valence-corrected chi connectivity index (χ1v) is 25.5. The van der Waals surface area contributed by atoms with Crippen molar-refractivity contribution in [1.82, 2.24) is 0 Å². The summed E-state index contributed by atoms with van der Waals surface area (Å²) in [5, 5.41) is 0. The monoisotopic (exact) mass is 1030 g/mol. The van der Waals surface area contributed by atoms with E-state index in [1.807, 2.05) is 36.4 Å². The lowest BCUT2D eigenvalue weighted by molar-refractivity contribution is -0.941. The van der Waals surface area contributed by atoms with Crippen LogP contribution in [0.15, 0.2) is 54.6 Å². The van der Waals surface area contributed by atoms with Gasteiger partial charge in [-0.05, 0) is 77.6 Å². The van der Waals surface area contributed by atoms with Gasteiger partial charge in [-0.1, -0.05) is 12.2 Å². The van der Waals surface area contributed by atoms with Crippen molar-refractivity contribution in [3.63, 3.8) is 0 Å². The average molecular weight is 1030 g/mol. The SMILES string of the molecule is COc1cc2c(cc1OC)C(Cc1cc(OC)c(OC)c(OC)c1)[N+](C)(CCCOC(=O)CC/C=C\CCC(=O)OCCC[N+]1(C)CCc3cc(OC)c(OC)c(Cc4cc(OC)c(OC)c(OC)c4)c3C1)CC2. The molecule has 4 aromatic rings. The third kappa shape index (κ3) is 13.6. The minimum absolute atomic E-state index is 0.0580. The number of nitrogens with zero attached hydrogens (tertiary/aromatic N) is 2. The Balaban J connectivity index is 0.943. The van der Waals surface area contributed by atoms with Gasteiger partial charge in [-0.25, -0.2) is 0 Å². The molecule has 3 atom stereocenters. The van der Waals surface area contributed by atoms with E-state index in [0.29, 0.717) is 103 Å². The molecule has 0 radical (unpaired) electrons. The second kappa shape index (κ2) is 26.6. The molecule has 2 heterocycles. The van der Waals surface area contributed by atoms with Crippen LogP contribution in [0, 0.1) is 0 Å². The summed E-state index contributed by atoms with van der Waals surface area (Å²) in [4.78, 5) is 25.6. The van der Waals surface area contributed by atoms with Gasteiger partial charge in [0.1, 0.15) is 12.6 Å². The van der Waals surface area contributed by atoms with Crippen LogP contribution in [-0.2, 0) is 51.3 Å². The lowest BCUT2D eigenvalue weighted by Crippen LogP contribution is -2.52. The summed E-state index contributed by atoms with van der Waals surface area (Å²) in [5.41, 5.74) is 8.00. The first kappa shape index (κ1) is 56.8. The highest BCUT2D eigenvalue weighted by molar-refractivity contribution is 5.70. The lowest BCUT2D eigenvalue weighted by atomic mass is 9.86. The molecule has 74 heavy (non-hydrogen) atoms. The molecule has 0 amide bonds. The number of quaternary nitrogens is 2. The standard InChI is InChI=1S/C58H80N2O14/c1-59(25-21-42-36-53(69-9)56(70-10)44(45(42)38-59)29-39-31-49(65-5)57(71-11)50(32-39)66-6)23-17-27-73-54(61)19-15-13-14-16-20-55(62)74-28-18-24-60(2)26-22-41-35-47(63-3)48(64-4)37-43(41)46(60)30-40-33-51(67-7)58(72-12)52(34-40)68-8/h13-14,31-37,46H,15-30,38H2,1-12H3/q+2/b14-13-. The van der Waals surface area contributed by atoms with E-state index < -0.39 is 0 Å². The van der Waals surface area contributed by atoms with Crippen LogP contribution in [0.5, 0.6) is 57.5 Å². The van der Waals surface area contributed by atoms with Gasteiger partial charge in [0.05, 0.1) is 125 Å². The van der Waals surface area contributed by atoms with E-state index in [4.69, 9.17) is 56.8 Å². The highest BCUT2D eigenvalue weighted by atomic mass is 16.6. The number of benzene rings is 4.